The molecular formula is C12H13F3N4S. The van der Waals surface area contributed by atoms with E-state index in [1.807, 2.05) is 13.8 Å². The standard InChI is InChI=1S/C12H13F3N4S/c1-3-9-18-7(5-10(19-9)16-4-2)8-6-17-11(20-8)12(13,14)15/h5-6H,3-4H2,1-2H3,(H,16,18,19). The number of alkyl halides is 3. The van der Waals surface area contributed by atoms with E-state index in [2.05, 4.69) is 20.3 Å². The summed E-state index contributed by atoms with van der Waals surface area (Å²) in [6, 6.07) is 1.64. The Bertz CT molecular complexity index is 595. The van der Waals surface area contributed by atoms with Crippen molar-refractivity contribution in [3.8, 4) is 10.6 Å². The first-order valence-electron chi connectivity index (χ1n) is 6.09. The molecule has 0 saturated carbocycles. The molecular weight excluding hydrogens is 289 g/mol. The van der Waals surface area contributed by atoms with Gasteiger partial charge >= 0.3 is 6.18 Å². The third kappa shape index (κ3) is 3.24. The molecule has 0 saturated heterocycles. The van der Waals surface area contributed by atoms with E-state index in [1.165, 1.54) is 6.20 Å². The molecule has 8 heteroatoms. The Morgan fingerprint density at radius 2 is 2.00 bits per heavy atom. The van der Waals surface area contributed by atoms with Gasteiger partial charge in [0.15, 0.2) is 5.01 Å². The summed E-state index contributed by atoms with van der Waals surface area (Å²) >= 11 is 0.585. The summed E-state index contributed by atoms with van der Waals surface area (Å²) in [7, 11) is 0. The molecule has 0 aromatic carbocycles. The number of nitrogens with one attached hydrogen (secondary N) is 1. The molecule has 4 nitrogen and oxygen atoms in total. The molecule has 20 heavy (non-hydrogen) atoms. The fourth-order valence-electron chi connectivity index (χ4n) is 1.58. The topological polar surface area (TPSA) is 50.7 Å². The first kappa shape index (κ1) is 14.7. The summed E-state index contributed by atoms with van der Waals surface area (Å²) in [4.78, 5) is 12.3. The van der Waals surface area contributed by atoms with Gasteiger partial charge in [0.2, 0.25) is 0 Å². The fraction of sp³-hybridized carbons (Fsp3) is 0.417. The molecule has 1 N–H and O–H groups in total. The van der Waals surface area contributed by atoms with Crippen LogP contribution in [0.25, 0.3) is 10.6 Å². The number of halogens is 3. The number of aryl methyl sites for hydroxylation is 1. The van der Waals surface area contributed by atoms with Gasteiger partial charge in [0, 0.05) is 25.2 Å². The van der Waals surface area contributed by atoms with Crippen molar-refractivity contribution in [1.82, 2.24) is 15.0 Å². The maximum atomic E-state index is 12.6. The van der Waals surface area contributed by atoms with E-state index in [0.29, 0.717) is 46.5 Å². The summed E-state index contributed by atoms with van der Waals surface area (Å²) in [5.74, 6) is 1.19. The Labute approximate surface area is 118 Å². The summed E-state index contributed by atoms with van der Waals surface area (Å²) in [5, 5.41) is 2.17. The van der Waals surface area contributed by atoms with Crippen molar-refractivity contribution < 1.29 is 13.2 Å². The molecule has 108 valence electrons. The first-order chi connectivity index (χ1) is 9.44. The SMILES string of the molecule is CCNc1cc(-c2cnc(C(F)(F)F)s2)nc(CC)n1. The average molecular weight is 302 g/mol. The molecule has 0 radical (unpaired) electrons. The minimum absolute atomic E-state index is 0.383. The maximum Gasteiger partial charge on any atom is 0.443 e. The van der Waals surface area contributed by atoms with Crippen molar-refractivity contribution in [3.05, 3.63) is 23.1 Å². The van der Waals surface area contributed by atoms with Crippen LogP contribution in [-0.2, 0) is 12.6 Å². The highest BCUT2D eigenvalue weighted by atomic mass is 32.1. The van der Waals surface area contributed by atoms with Gasteiger partial charge in [-0.05, 0) is 6.92 Å². The molecule has 0 amide bonds. The number of aromatic nitrogens is 3. The highest BCUT2D eigenvalue weighted by Gasteiger charge is 2.34. The van der Waals surface area contributed by atoms with Crippen LogP contribution < -0.4 is 5.32 Å². The lowest BCUT2D eigenvalue weighted by Crippen LogP contribution is -2.03. The van der Waals surface area contributed by atoms with Crippen molar-refractivity contribution in [3.63, 3.8) is 0 Å². The lowest BCUT2D eigenvalue weighted by molar-refractivity contribution is -0.137. The van der Waals surface area contributed by atoms with E-state index in [0.717, 1.165) is 0 Å². The van der Waals surface area contributed by atoms with Crippen LogP contribution in [0.1, 0.15) is 24.7 Å². The van der Waals surface area contributed by atoms with Gasteiger partial charge in [-0.2, -0.15) is 13.2 Å². The van der Waals surface area contributed by atoms with Crippen molar-refractivity contribution in [2.75, 3.05) is 11.9 Å². The van der Waals surface area contributed by atoms with Crippen molar-refractivity contribution >= 4 is 17.2 Å². The van der Waals surface area contributed by atoms with E-state index in [4.69, 9.17) is 0 Å². The zero-order chi connectivity index (χ0) is 14.8. The summed E-state index contributed by atoms with van der Waals surface area (Å²) < 4.78 is 37.7. The van der Waals surface area contributed by atoms with Crippen LogP contribution in [0.4, 0.5) is 19.0 Å². The van der Waals surface area contributed by atoms with Crippen LogP contribution >= 0.6 is 11.3 Å². The lowest BCUT2D eigenvalue weighted by atomic mass is 10.3. The lowest BCUT2D eigenvalue weighted by Gasteiger charge is -2.06. The predicted octanol–water partition coefficient (Wildman–Crippen LogP) is 3.61. The second kappa shape index (κ2) is 5.74. The second-order valence-corrected chi connectivity index (χ2v) is 5.00. The molecule has 0 spiro atoms. The van der Waals surface area contributed by atoms with Gasteiger partial charge in [-0.1, -0.05) is 6.92 Å². The minimum Gasteiger partial charge on any atom is -0.370 e. The highest BCUT2D eigenvalue weighted by Crippen LogP contribution is 2.36. The second-order valence-electron chi connectivity index (χ2n) is 3.97. The predicted molar refractivity (Wildman–Crippen MR) is 71.7 cm³/mol. The fourth-order valence-corrected chi connectivity index (χ4v) is 2.32. The Kier molecular flexibility index (Phi) is 4.22. The average Bonchev–Trinajstić information content (AvgIpc) is 2.88. The number of hydrogen-bond donors (Lipinski definition) is 1. The summed E-state index contributed by atoms with van der Waals surface area (Å²) in [5.41, 5.74) is 0.459. The molecule has 2 heterocycles. The van der Waals surface area contributed by atoms with Crippen molar-refractivity contribution in [2.45, 2.75) is 26.4 Å². The summed E-state index contributed by atoms with van der Waals surface area (Å²) in [6.45, 7) is 4.49. The number of anilines is 1. The molecule has 0 bridgehead atoms. The molecule has 0 atom stereocenters. The molecule has 0 fully saturated rings. The number of rotatable bonds is 4. The van der Waals surface area contributed by atoms with Gasteiger partial charge in [0.1, 0.15) is 11.6 Å². The van der Waals surface area contributed by atoms with E-state index in [9.17, 15) is 13.2 Å². The molecule has 2 aromatic rings. The van der Waals surface area contributed by atoms with E-state index in [1.54, 1.807) is 6.07 Å². The van der Waals surface area contributed by atoms with Crippen molar-refractivity contribution in [2.24, 2.45) is 0 Å². The molecule has 2 aromatic heterocycles. The zero-order valence-electron chi connectivity index (χ0n) is 11.0. The first-order valence-corrected chi connectivity index (χ1v) is 6.91. The van der Waals surface area contributed by atoms with Gasteiger partial charge < -0.3 is 5.32 Å². The van der Waals surface area contributed by atoms with Gasteiger partial charge in [0.25, 0.3) is 0 Å². The third-order valence-corrected chi connectivity index (χ3v) is 3.51. The Morgan fingerprint density at radius 1 is 1.25 bits per heavy atom. The van der Waals surface area contributed by atoms with Gasteiger partial charge in [0.05, 0.1) is 10.6 Å². The Hall–Kier alpha value is -1.70. The third-order valence-electron chi connectivity index (χ3n) is 2.45. The quantitative estimate of drug-likeness (QED) is 0.937. The van der Waals surface area contributed by atoms with E-state index in [-0.39, 0.29) is 0 Å². The molecule has 2 rings (SSSR count). The minimum atomic E-state index is -4.42. The van der Waals surface area contributed by atoms with Gasteiger partial charge in [-0.15, -0.1) is 11.3 Å². The normalized spacial score (nSPS) is 11.7. The Balaban J connectivity index is 2.41. The van der Waals surface area contributed by atoms with Crippen LogP contribution in [0, 0.1) is 0 Å². The molecule has 0 unspecified atom stereocenters. The molecule has 0 aliphatic carbocycles. The monoisotopic (exact) mass is 302 g/mol. The van der Waals surface area contributed by atoms with Crippen LogP contribution in [0.2, 0.25) is 0 Å². The van der Waals surface area contributed by atoms with E-state index >= 15 is 0 Å². The largest absolute Gasteiger partial charge is 0.443 e. The summed E-state index contributed by atoms with van der Waals surface area (Å²) in [6.07, 6.45) is -2.61. The molecule has 0 aliphatic heterocycles. The number of thiazole rings is 1. The number of nitrogens with zero attached hydrogens (tertiary/aromatic N) is 3. The van der Waals surface area contributed by atoms with Crippen LogP contribution in [-0.4, -0.2) is 21.5 Å². The van der Waals surface area contributed by atoms with E-state index < -0.39 is 11.2 Å². The highest BCUT2D eigenvalue weighted by molar-refractivity contribution is 7.15. The van der Waals surface area contributed by atoms with Gasteiger partial charge in [-0.3, -0.25) is 0 Å². The van der Waals surface area contributed by atoms with Crippen LogP contribution in [0.15, 0.2) is 12.3 Å². The maximum absolute atomic E-state index is 12.6. The molecule has 0 aliphatic rings. The Morgan fingerprint density at radius 3 is 2.55 bits per heavy atom. The number of hydrogen-bond acceptors (Lipinski definition) is 5. The van der Waals surface area contributed by atoms with Crippen LogP contribution in [0.3, 0.4) is 0 Å². The smallest absolute Gasteiger partial charge is 0.370 e. The zero-order valence-corrected chi connectivity index (χ0v) is 11.8. The van der Waals surface area contributed by atoms with Crippen LogP contribution in [0.5, 0.6) is 0 Å². The van der Waals surface area contributed by atoms with Crippen molar-refractivity contribution in [1.29, 1.82) is 0 Å². The van der Waals surface area contributed by atoms with Gasteiger partial charge in [-0.25, -0.2) is 15.0 Å².